The Balaban J connectivity index is 2.32. The summed E-state index contributed by atoms with van der Waals surface area (Å²) in [6.07, 6.45) is 0. The Labute approximate surface area is 82.9 Å². The largest absolute Gasteiger partial charge is 0.386 e. The third kappa shape index (κ3) is 1.81. The monoisotopic (exact) mass is 211 g/mol. The van der Waals surface area contributed by atoms with Gasteiger partial charge < -0.3 is 4.18 Å². The van der Waals surface area contributed by atoms with Crippen LogP contribution < -0.4 is 0 Å². The molecular weight excluding hydrogens is 206 g/mol. The summed E-state index contributed by atoms with van der Waals surface area (Å²) in [5.41, 5.74) is 0.935. The molecule has 66 valence electrons. The molecule has 2 aromatic rings. The van der Waals surface area contributed by atoms with Crippen molar-refractivity contribution in [1.82, 2.24) is 4.98 Å². The zero-order chi connectivity index (χ0) is 9.10. The zero-order valence-electron chi connectivity index (χ0n) is 6.47. The Hall–Kier alpha value is -1.07. The predicted molar refractivity (Wildman–Crippen MR) is 52.6 cm³/mol. The molecule has 1 aromatic heterocycles. The van der Waals surface area contributed by atoms with E-state index in [2.05, 4.69) is 9.17 Å². The molecule has 0 atom stereocenters. The lowest BCUT2D eigenvalue weighted by molar-refractivity contribution is -0.119. The Morgan fingerprint density at radius 1 is 1.46 bits per heavy atom. The van der Waals surface area contributed by atoms with Crippen LogP contribution in [0.15, 0.2) is 28.6 Å². The molecule has 0 bridgehead atoms. The van der Waals surface area contributed by atoms with Crippen LogP contribution >= 0.6 is 23.4 Å². The highest BCUT2D eigenvalue weighted by atomic mass is 32.2. The second-order valence-corrected chi connectivity index (χ2v) is 4.26. The number of benzene rings is 1. The van der Waals surface area contributed by atoms with Crippen molar-refractivity contribution in [2.45, 2.75) is 4.34 Å². The van der Waals surface area contributed by atoms with E-state index in [9.17, 15) is 4.79 Å². The lowest BCUT2D eigenvalue weighted by Crippen LogP contribution is -1.72. The van der Waals surface area contributed by atoms with E-state index in [1.807, 2.05) is 24.3 Å². The van der Waals surface area contributed by atoms with Crippen LogP contribution in [0.1, 0.15) is 0 Å². The Morgan fingerprint density at radius 2 is 2.31 bits per heavy atom. The third-order valence-corrected chi connectivity index (χ3v) is 3.13. The minimum atomic E-state index is 0.400. The lowest BCUT2D eigenvalue weighted by Gasteiger charge is -1.86. The number of nitrogens with zero attached hydrogens (tertiary/aromatic N) is 1. The molecule has 0 saturated carbocycles. The van der Waals surface area contributed by atoms with Crippen LogP contribution in [-0.4, -0.2) is 11.5 Å². The van der Waals surface area contributed by atoms with E-state index >= 15 is 0 Å². The molecule has 0 unspecified atom stereocenters. The van der Waals surface area contributed by atoms with E-state index in [0.717, 1.165) is 26.6 Å². The molecule has 0 N–H and O–H groups in total. The van der Waals surface area contributed by atoms with Crippen LogP contribution in [0, 0.1) is 0 Å². The van der Waals surface area contributed by atoms with E-state index in [1.165, 1.54) is 11.3 Å². The normalized spacial score (nSPS) is 10.2. The zero-order valence-corrected chi connectivity index (χ0v) is 8.10. The van der Waals surface area contributed by atoms with Crippen molar-refractivity contribution in [2.75, 3.05) is 0 Å². The molecule has 0 aliphatic carbocycles. The quantitative estimate of drug-likeness (QED) is 0.577. The first-order chi connectivity index (χ1) is 6.40. The van der Waals surface area contributed by atoms with E-state index in [4.69, 9.17) is 0 Å². The number of carbonyl (C=O) groups excluding carboxylic acids is 1. The molecule has 0 radical (unpaired) electrons. The SMILES string of the molecule is O=COSc1nc2ccccc2s1. The first-order valence-corrected chi connectivity index (χ1v) is 5.08. The molecule has 13 heavy (non-hydrogen) atoms. The summed E-state index contributed by atoms with van der Waals surface area (Å²) in [5.74, 6) is 0. The van der Waals surface area contributed by atoms with Gasteiger partial charge in [-0.2, -0.15) is 0 Å². The predicted octanol–water partition coefficient (Wildman–Crippen LogP) is 2.48. The smallest absolute Gasteiger partial charge is 0.305 e. The molecule has 1 heterocycles. The van der Waals surface area contributed by atoms with Crippen LogP contribution in [-0.2, 0) is 8.98 Å². The van der Waals surface area contributed by atoms with Crippen molar-refractivity contribution in [1.29, 1.82) is 0 Å². The van der Waals surface area contributed by atoms with Gasteiger partial charge >= 0.3 is 6.47 Å². The molecule has 0 saturated heterocycles. The Kier molecular flexibility index (Phi) is 2.47. The molecule has 3 nitrogen and oxygen atoms in total. The van der Waals surface area contributed by atoms with Gasteiger partial charge in [-0.25, -0.2) is 4.98 Å². The molecule has 0 aliphatic rings. The Morgan fingerprint density at radius 3 is 3.08 bits per heavy atom. The van der Waals surface area contributed by atoms with Gasteiger partial charge in [0.15, 0.2) is 4.34 Å². The van der Waals surface area contributed by atoms with E-state index < -0.39 is 0 Å². The number of para-hydroxylation sites is 1. The highest BCUT2D eigenvalue weighted by molar-refractivity contribution is 7.97. The number of hydrogen-bond acceptors (Lipinski definition) is 5. The van der Waals surface area contributed by atoms with E-state index in [1.54, 1.807) is 0 Å². The molecule has 0 spiro atoms. The molecular formula is C8H5NO2S2. The van der Waals surface area contributed by atoms with Crippen LogP contribution in [0.3, 0.4) is 0 Å². The lowest BCUT2D eigenvalue weighted by atomic mass is 10.3. The third-order valence-electron chi connectivity index (χ3n) is 1.43. The number of carbonyl (C=O) groups is 1. The number of thiazole rings is 1. The van der Waals surface area contributed by atoms with Crippen LogP contribution in [0.2, 0.25) is 0 Å². The van der Waals surface area contributed by atoms with Gasteiger partial charge in [-0.3, -0.25) is 4.79 Å². The van der Waals surface area contributed by atoms with Gasteiger partial charge in [-0.15, -0.1) is 11.3 Å². The molecule has 0 amide bonds. The standard InChI is InChI=1S/C8H5NO2S2/c10-5-11-13-8-9-6-3-1-2-4-7(6)12-8/h1-5H. The maximum absolute atomic E-state index is 9.93. The van der Waals surface area contributed by atoms with Gasteiger partial charge in [0, 0.05) is 0 Å². The van der Waals surface area contributed by atoms with E-state index in [-0.39, 0.29) is 0 Å². The first-order valence-electron chi connectivity index (χ1n) is 3.53. The van der Waals surface area contributed by atoms with Crippen LogP contribution in [0.25, 0.3) is 10.2 Å². The van der Waals surface area contributed by atoms with Gasteiger partial charge in [0.1, 0.15) is 12.0 Å². The first kappa shape index (κ1) is 8.52. The molecule has 5 heteroatoms. The summed E-state index contributed by atoms with van der Waals surface area (Å²) in [6, 6.07) is 7.79. The fourth-order valence-corrected chi connectivity index (χ4v) is 2.42. The van der Waals surface area contributed by atoms with Crippen molar-refractivity contribution >= 4 is 40.1 Å². The topological polar surface area (TPSA) is 39.2 Å². The van der Waals surface area contributed by atoms with Crippen molar-refractivity contribution in [3.8, 4) is 0 Å². The van der Waals surface area contributed by atoms with Gasteiger partial charge in [-0.1, -0.05) is 12.1 Å². The van der Waals surface area contributed by atoms with Crippen molar-refractivity contribution in [3.63, 3.8) is 0 Å². The van der Waals surface area contributed by atoms with E-state index in [0.29, 0.717) is 6.47 Å². The number of fused-ring (bicyclic) bond motifs is 1. The molecule has 0 fully saturated rings. The minimum Gasteiger partial charge on any atom is -0.386 e. The summed E-state index contributed by atoms with van der Waals surface area (Å²) < 4.78 is 6.37. The maximum atomic E-state index is 9.93. The number of aromatic nitrogens is 1. The highest BCUT2D eigenvalue weighted by Crippen LogP contribution is 2.29. The minimum absolute atomic E-state index is 0.400. The van der Waals surface area contributed by atoms with Crippen molar-refractivity contribution < 1.29 is 8.98 Å². The summed E-state index contributed by atoms with van der Waals surface area (Å²) in [5, 5.41) is 0. The fraction of sp³-hybridized carbons (Fsp3) is 0. The average Bonchev–Trinajstić information content (AvgIpc) is 2.57. The van der Waals surface area contributed by atoms with Gasteiger partial charge in [0.05, 0.1) is 10.2 Å². The molecule has 1 aromatic carbocycles. The number of rotatable bonds is 3. The van der Waals surface area contributed by atoms with Gasteiger partial charge in [-0.05, 0) is 12.1 Å². The van der Waals surface area contributed by atoms with Gasteiger partial charge in [0.2, 0.25) is 0 Å². The average molecular weight is 211 g/mol. The van der Waals surface area contributed by atoms with Crippen molar-refractivity contribution in [2.24, 2.45) is 0 Å². The summed E-state index contributed by atoms with van der Waals surface area (Å²) >= 11 is 2.49. The van der Waals surface area contributed by atoms with Gasteiger partial charge in [0.25, 0.3) is 0 Å². The number of hydrogen-bond donors (Lipinski definition) is 0. The second-order valence-electron chi connectivity index (χ2n) is 2.22. The Bertz CT molecular complexity index is 394. The fourth-order valence-electron chi connectivity index (χ4n) is 0.948. The van der Waals surface area contributed by atoms with Crippen LogP contribution in [0.5, 0.6) is 0 Å². The van der Waals surface area contributed by atoms with Crippen molar-refractivity contribution in [3.05, 3.63) is 24.3 Å². The highest BCUT2D eigenvalue weighted by Gasteiger charge is 2.03. The second kappa shape index (κ2) is 3.76. The maximum Gasteiger partial charge on any atom is 0.305 e. The molecule has 2 rings (SSSR count). The molecule has 0 aliphatic heterocycles. The summed E-state index contributed by atoms with van der Waals surface area (Å²) in [7, 11) is 0. The summed E-state index contributed by atoms with van der Waals surface area (Å²) in [4.78, 5) is 14.2. The summed E-state index contributed by atoms with van der Waals surface area (Å²) in [6.45, 7) is 0.400. The van der Waals surface area contributed by atoms with Crippen LogP contribution in [0.4, 0.5) is 0 Å².